The molecule has 1 fully saturated rings. The Labute approximate surface area is 212 Å². The maximum Gasteiger partial charge on any atom is 0.319 e. The van der Waals surface area contributed by atoms with Crippen molar-refractivity contribution in [2.75, 3.05) is 11.9 Å². The number of nitrogens with zero attached hydrogens (tertiary/aromatic N) is 1. The van der Waals surface area contributed by atoms with Gasteiger partial charge in [-0.15, -0.1) is 0 Å². The first-order chi connectivity index (χ1) is 17.3. The van der Waals surface area contributed by atoms with Gasteiger partial charge in [-0.3, -0.25) is 4.79 Å². The third-order valence-electron chi connectivity index (χ3n) is 6.23. The van der Waals surface area contributed by atoms with Gasteiger partial charge in [0, 0.05) is 24.1 Å². The van der Waals surface area contributed by atoms with Crippen molar-refractivity contribution in [3.05, 3.63) is 100 Å². The average molecular weight is 509 g/mol. The minimum Gasteiger partial charge on any atom is -0.353 e. The summed E-state index contributed by atoms with van der Waals surface area (Å²) in [7, 11) is 0. The average Bonchev–Trinajstić information content (AvgIpc) is 3.67. The number of anilines is 1. The predicted octanol–water partition coefficient (Wildman–Crippen LogP) is 5.07. The summed E-state index contributed by atoms with van der Waals surface area (Å²) in [6, 6.07) is 17.0. The maximum atomic E-state index is 13.6. The Morgan fingerprint density at radius 3 is 2.33 bits per heavy atom. The van der Waals surface area contributed by atoms with E-state index >= 15 is 0 Å². The van der Waals surface area contributed by atoms with Crippen LogP contribution in [0.4, 0.5) is 19.3 Å². The van der Waals surface area contributed by atoms with E-state index in [-0.39, 0.29) is 16.9 Å². The molecule has 36 heavy (non-hydrogen) atoms. The van der Waals surface area contributed by atoms with E-state index in [1.54, 1.807) is 36.4 Å². The lowest BCUT2D eigenvalue weighted by atomic mass is 9.95. The van der Waals surface area contributed by atoms with Gasteiger partial charge >= 0.3 is 6.03 Å². The summed E-state index contributed by atoms with van der Waals surface area (Å²) >= 11 is 5.95. The largest absolute Gasteiger partial charge is 0.353 e. The smallest absolute Gasteiger partial charge is 0.319 e. The summed E-state index contributed by atoms with van der Waals surface area (Å²) in [5.74, 6) is -1.33. The number of carbonyl (C=O) groups is 2. The monoisotopic (exact) mass is 508 g/mol. The van der Waals surface area contributed by atoms with Crippen LogP contribution in [-0.4, -0.2) is 24.5 Å². The number of rotatable bonds is 8. The zero-order valence-electron chi connectivity index (χ0n) is 19.2. The molecule has 3 aromatic carbocycles. The van der Waals surface area contributed by atoms with Crippen LogP contribution in [0, 0.1) is 23.0 Å². The molecular formula is C27H23ClF2N4O2. The Kier molecular flexibility index (Phi) is 7.51. The summed E-state index contributed by atoms with van der Waals surface area (Å²) in [5, 5.41) is 17.2. The van der Waals surface area contributed by atoms with Crippen molar-refractivity contribution in [1.29, 1.82) is 5.26 Å². The third-order valence-corrected chi connectivity index (χ3v) is 6.52. The van der Waals surface area contributed by atoms with Crippen LogP contribution in [0.5, 0.6) is 0 Å². The second-order valence-electron chi connectivity index (χ2n) is 8.80. The molecule has 0 aliphatic heterocycles. The molecule has 0 unspecified atom stereocenters. The number of amides is 3. The second kappa shape index (κ2) is 10.8. The first kappa shape index (κ1) is 25.1. The van der Waals surface area contributed by atoms with Crippen LogP contribution in [-0.2, 0) is 16.6 Å². The van der Waals surface area contributed by atoms with E-state index in [0.29, 0.717) is 17.8 Å². The fraction of sp³-hybridized carbons (Fsp3) is 0.222. The van der Waals surface area contributed by atoms with E-state index in [9.17, 15) is 18.4 Å². The molecule has 1 aliphatic rings. The van der Waals surface area contributed by atoms with Gasteiger partial charge in [-0.2, -0.15) is 5.26 Å². The Hall–Kier alpha value is -3.96. The SMILES string of the molecule is N#Cc1ccc(C[C@@H](NC(=O)Nc2ccc(F)cc2)C(=O)NCC2(c3ccc(F)c(Cl)c3)CC2)cc1. The fourth-order valence-electron chi connectivity index (χ4n) is 3.94. The van der Waals surface area contributed by atoms with Crippen molar-refractivity contribution >= 4 is 29.2 Å². The molecule has 0 bridgehead atoms. The number of nitriles is 1. The van der Waals surface area contributed by atoms with Crippen LogP contribution in [0.1, 0.15) is 29.5 Å². The highest BCUT2D eigenvalue weighted by atomic mass is 35.5. The molecule has 0 heterocycles. The lowest BCUT2D eigenvalue weighted by molar-refractivity contribution is -0.123. The van der Waals surface area contributed by atoms with Gasteiger partial charge in [0.2, 0.25) is 5.91 Å². The number of nitrogens with one attached hydrogen (secondary N) is 3. The number of hydrogen-bond acceptors (Lipinski definition) is 3. The quantitative estimate of drug-likeness (QED) is 0.396. The minimum absolute atomic E-state index is 0.0305. The van der Waals surface area contributed by atoms with Gasteiger partial charge in [-0.1, -0.05) is 29.8 Å². The van der Waals surface area contributed by atoms with Crippen molar-refractivity contribution in [3.8, 4) is 6.07 Å². The van der Waals surface area contributed by atoms with Crippen LogP contribution in [0.3, 0.4) is 0 Å². The molecule has 184 valence electrons. The molecule has 6 nitrogen and oxygen atoms in total. The topological polar surface area (TPSA) is 94.0 Å². The maximum absolute atomic E-state index is 13.6. The lowest BCUT2D eigenvalue weighted by Gasteiger charge is -2.22. The highest BCUT2D eigenvalue weighted by Gasteiger charge is 2.45. The molecule has 3 aromatic rings. The summed E-state index contributed by atoms with van der Waals surface area (Å²) in [4.78, 5) is 25.8. The molecule has 1 aliphatic carbocycles. The highest BCUT2D eigenvalue weighted by molar-refractivity contribution is 6.30. The van der Waals surface area contributed by atoms with Gasteiger partial charge in [0.1, 0.15) is 17.7 Å². The molecule has 0 spiro atoms. The predicted molar refractivity (Wildman–Crippen MR) is 133 cm³/mol. The van der Waals surface area contributed by atoms with E-state index in [1.165, 1.54) is 30.3 Å². The van der Waals surface area contributed by atoms with E-state index in [1.807, 2.05) is 6.07 Å². The summed E-state index contributed by atoms with van der Waals surface area (Å²) in [5.41, 5.74) is 2.12. The molecule has 0 saturated heterocycles. The fourth-order valence-corrected chi connectivity index (χ4v) is 4.12. The molecule has 0 aromatic heterocycles. The van der Waals surface area contributed by atoms with Crippen LogP contribution in [0.2, 0.25) is 5.02 Å². The van der Waals surface area contributed by atoms with Gasteiger partial charge in [-0.05, 0) is 72.5 Å². The van der Waals surface area contributed by atoms with Gasteiger partial charge < -0.3 is 16.0 Å². The number of carbonyl (C=O) groups excluding carboxylic acids is 2. The molecule has 3 amide bonds. The molecule has 0 radical (unpaired) electrons. The van der Waals surface area contributed by atoms with E-state index in [0.717, 1.165) is 24.0 Å². The number of hydrogen-bond donors (Lipinski definition) is 3. The van der Waals surface area contributed by atoms with E-state index in [2.05, 4.69) is 16.0 Å². The zero-order valence-corrected chi connectivity index (χ0v) is 19.9. The molecule has 1 atom stereocenters. The van der Waals surface area contributed by atoms with Crippen molar-refractivity contribution < 1.29 is 18.4 Å². The number of benzene rings is 3. The van der Waals surface area contributed by atoms with Crippen molar-refractivity contribution in [2.24, 2.45) is 0 Å². The van der Waals surface area contributed by atoms with Crippen molar-refractivity contribution in [3.63, 3.8) is 0 Å². The van der Waals surface area contributed by atoms with E-state index in [4.69, 9.17) is 16.9 Å². The first-order valence-electron chi connectivity index (χ1n) is 11.3. The van der Waals surface area contributed by atoms with Crippen molar-refractivity contribution in [2.45, 2.75) is 30.7 Å². The summed E-state index contributed by atoms with van der Waals surface area (Å²) in [6.45, 7) is 0.304. The van der Waals surface area contributed by atoms with Gasteiger partial charge in [0.05, 0.1) is 16.7 Å². The molecule has 9 heteroatoms. The standard InChI is InChI=1S/C27H23ClF2N4O2/c28-22-14-19(5-10-23(22)30)27(11-12-27)16-32-25(35)24(13-17-1-3-18(15-31)4-2-17)34-26(36)33-21-8-6-20(29)7-9-21/h1-10,14,24H,11-13,16H2,(H,32,35)(H2,33,34,36)/t24-/m1/s1. The third kappa shape index (κ3) is 6.18. The van der Waals surface area contributed by atoms with Gasteiger partial charge in [-0.25, -0.2) is 13.6 Å². The minimum atomic E-state index is -0.925. The zero-order chi connectivity index (χ0) is 25.7. The van der Waals surface area contributed by atoms with E-state index < -0.39 is 29.6 Å². The first-order valence-corrected chi connectivity index (χ1v) is 11.7. The van der Waals surface area contributed by atoms with Crippen LogP contribution in [0.15, 0.2) is 66.7 Å². The van der Waals surface area contributed by atoms with Gasteiger partial charge in [0.25, 0.3) is 0 Å². The summed E-state index contributed by atoms with van der Waals surface area (Å²) in [6.07, 6.45) is 1.81. The number of urea groups is 1. The van der Waals surface area contributed by atoms with Crippen molar-refractivity contribution in [1.82, 2.24) is 10.6 Å². The van der Waals surface area contributed by atoms with Crippen LogP contribution < -0.4 is 16.0 Å². The Balaban J connectivity index is 1.45. The molecule has 1 saturated carbocycles. The van der Waals surface area contributed by atoms with Crippen LogP contribution in [0.25, 0.3) is 0 Å². The Morgan fingerprint density at radius 1 is 1.03 bits per heavy atom. The summed E-state index contributed by atoms with van der Waals surface area (Å²) < 4.78 is 26.8. The van der Waals surface area contributed by atoms with Gasteiger partial charge in [0.15, 0.2) is 0 Å². The second-order valence-corrected chi connectivity index (χ2v) is 9.21. The normalized spacial score (nSPS) is 14.3. The Morgan fingerprint density at radius 2 is 1.72 bits per heavy atom. The number of halogens is 3. The lowest BCUT2D eigenvalue weighted by Crippen LogP contribution is -2.50. The molecule has 3 N–H and O–H groups in total. The Bertz CT molecular complexity index is 1300. The molecular weight excluding hydrogens is 486 g/mol. The molecule has 4 rings (SSSR count). The van der Waals surface area contributed by atoms with Crippen LogP contribution >= 0.6 is 11.6 Å². The highest BCUT2D eigenvalue weighted by Crippen LogP contribution is 2.48.